The zero-order chi connectivity index (χ0) is 12.6. The summed E-state index contributed by atoms with van der Waals surface area (Å²) in [5.74, 6) is 0. The van der Waals surface area contributed by atoms with E-state index in [4.69, 9.17) is 0 Å². The molecule has 0 N–H and O–H groups in total. The Morgan fingerprint density at radius 2 is 1.65 bits per heavy atom. The molecular formula is C9H8BF6K. The van der Waals surface area contributed by atoms with Crippen LogP contribution in [0.15, 0.2) is 18.2 Å². The summed E-state index contributed by atoms with van der Waals surface area (Å²) in [4.78, 5) is 0. The molecule has 0 aliphatic rings. The smallest absolute Gasteiger partial charge is 0.445 e. The van der Waals surface area contributed by atoms with Crippen LogP contribution in [0.2, 0.25) is 0 Å². The van der Waals surface area contributed by atoms with Crippen LogP contribution in [0.4, 0.5) is 26.1 Å². The van der Waals surface area contributed by atoms with Gasteiger partial charge < -0.3 is 12.9 Å². The van der Waals surface area contributed by atoms with Crippen LogP contribution < -0.4 is 56.8 Å². The maximum Gasteiger partial charge on any atom is 1.00 e. The summed E-state index contributed by atoms with van der Waals surface area (Å²) in [6.07, 6.45) is -4.71. The van der Waals surface area contributed by atoms with Gasteiger partial charge in [-0.3, -0.25) is 0 Å². The van der Waals surface area contributed by atoms with E-state index in [0.717, 1.165) is 6.07 Å². The van der Waals surface area contributed by atoms with Crippen molar-refractivity contribution in [3.63, 3.8) is 0 Å². The number of alkyl halides is 3. The molecule has 0 aliphatic carbocycles. The van der Waals surface area contributed by atoms with E-state index in [9.17, 15) is 26.1 Å². The van der Waals surface area contributed by atoms with E-state index in [2.05, 4.69) is 0 Å². The first kappa shape index (κ1) is 17.5. The normalized spacial score (nSPS) is 12.2. The third-order valence-electron chi connectivity index (χ3n) is 2.18. The van der Waals surface area contributed by atoms with Crippen molar-refractivity contribution in [2.75, 3.05) is 0 Å². The Labute approximate surface area is 137 Å². The van der Waals surface area contributed by atoms with Gasteiger partial charge in [-0.05, 0) is 6.42 Å². The average Bonchev–Trinajstić information content (AvgIpc) is 2.14. The average molecular weight is 280 g/mol. The number of hydrogen-bond donors (Lipinski definition) is 0. The van der Waals surface area contributed by atoms with E-state index < -0.39 is 24.2 Å². The topological polar surface area (TPSA) is 0 Å². The maximum absolute atomic E-state index is 12.5. The van der Waals surface area contributed by atoms with Crippen molar-refractivity contribution >= 4 is 12.4 Å². The summed E-state index contributed by atoms with van der Waals surface area (Å²) >= 11 is 0. The number of aryl methyl sites for hydroxylation is 1. The molecule has 0 nitrogen and oxygen atoms in total. The molecule has 0 atom stereocenters. The van der Waals surface area contributed by atoms with Crippen molar-refractivity contribution in [2.24, 2.45) is 0 Å². The van der Waals surface area contributed by atoms with Gasteiger partial charge in [-0.15, -0.1) is 0 Å². The Bertz CT molecular complexity index is 384. The number of rotatable bonds is 2. The molecule has 0 radical (unpaired) electrons. The molecule has 0 aliphatic heterocycles. The summed E-state index contributed by atoms with van der Waals surface area (Å²) in [5.41, 5.74) is -2.94. The van der Waals surface area contributed by atoms with E-state index in [1.807, 2.05) is 0 Å². The fraction of sp³-hybridized carbons (Fsp3) is 0.333. The van der Waals surface area contributed by atoms with E-state index >= 15 is 0 Å². The summed E-state index contributed by atoms with van der Waals surface area (Å²) in [7, 11) is 0. The van der Waals surface area contributed by atoms with E-state index in [1.165, 1.54) is 0 Å². The molecule has 0 amide bonds. The van der Waals surface area contributed by atoms with Gasteiger partial charge in [0.15, 0.2) is 0 Å². The molecular weight excluding hydrogens is 272 g/mol. The van der Waals surface area contributed by atoms with Crippen LogP contribution in [0.3, 0.4) is 0 Å². The molecule has 0 saturated carbocycles. The van der Waals surface area contributed by atoms with E-state index in [1.54, 1.807) is 6.92 Å². The monoisotopic (exact) mass is 280 g/mol. The summed E-state index contributed by atoms with van der Waals surface area (Å²) < 4.78 is 74.3. The van der Waals surface area contributed by atoms with Gasteiger partial charge in [0.2, 0.25) is 0 Å². The van der Waals surface area contributed by atoms with Gasteiger partial charge in [0.25, 0.3) is 0 Å². The van der Waals surface area contributed by atoms with Crippen molar-refractivity contribution in [2.45, 2.75) is 19.5 Å². The second-order valence-electron chi connectivity index (χ2n) is 3.35. The minimum Gasteiger partial charge on any atom is -0.445 e. The van der Waals surface area contributed by atoms with Gasteiger partial charge in [-0.1, -0.05) is 36.1 Å². The van der Waals surface area contributed by atoms with E-state index in [0.29, 0.717) is 12.1 Å². The van der Waals surface area contributed by atoms with Crippen LogP contribution in [-0.4, -0.2) is 6.98 Å². The van der Waals surface area contributed by atoms with Gasteiger partial charge in [0.05, 0.1) is 0 Å². The number of benzene rings is 1. The molecule has 90 valence electrons. The number of hydrogen-bond acceptors (Lipinski definition) is 0. The second-order valence-corrected chi connectivity index (χ2v) is 3.35. The molecule has 0 heterocycles. The Morgan fingerprint density at radius 1 is 1.12 bits per heavy atom. The van der Waals surface area contributed by atoms with Crippen LogP contribution in [0, 0.1) is 0 Å². The van der Waals surface area contributed by atoms with Gasteiger partial charge in [-0.25, -0.2) is 0 Å². The first-order chi connectivity index (χ1) is 7.16. The van der Waals surface area contributed by atoms with Crippen molar-refractivity contribution in [3.8, 4) is 0 Å². The second kappa shape index (κ2) is 6.10. The molecule has 0 aromatic heterocycles. The van der Waals surface area contributed by atoms with Gasteiger partial charge >= 0.3 is 64.5 Å². The zero-order valence-electron chi connectivity index (χ0n) is 9.28. The minimum absolute atomic E-state index is 0. The van der Waals surface area contributed by atoms with E-state index in [-0.39, 0.29) is 63.4 Å². The van der Waals surface area contributed by atoms with Crippen LogP contribution in [-0.2, 0) is 12.6 Å². The van der Waals surface area contributed by atoms with Crippen LogP contribution in [0.1, 0.15) is 18.1 Å². The molecule has 0 bridgehead atoms. The van der Waals surface area contributed by atoms with Crippen molar-refractivity contribution < 1.29 is 77.5 Å². The molecule has 1 rings (SSSR count). The summed E-state index contributed by atoms with van der Waals surface area (Å²) in [5, 5.41) is 0. The molecule has 17 heavy (non-hydrogen) atoms. The molecule has 0 spiro atoms. The largest absolute Gasteiger partial charge is 1.00 e. The SMILES string of the molecule is CCc1ccc(C(F)(F)F)c([B-](F)(F)F)c1.[K+]. The Hall–Kier alpha value is 0.501. The van der Waals surface area contributed by atoms with Crippen molar-refractivity contribution in [1.29, 1.82) is 0 Å². The first-order valence-corrected chi connectivity index (χ1v) is 4.56. The predicted octanol–water partition coefficient (Wildman–Crippen LogP) is 0.326. The number of halogens is 6. The third kappa shape index (κ3) is 4.59. The van der Waals surface area contributed by atoms with Crippen LogP contribution >= 0.6 is 0 Å². The minimum atomic E-state index is -5.65. The molecule has 0 saturated heterocycles. The Kier molecular flexibility index (Phi) is 6.28. The zero-order valence-corrected chi connectivity index (χ0v) is 12.4. The van der Waals surface area contributed by atoms with Gasteiger partial charge in [-0.2, -0.15) is 13.2 Å². The molecule has 0 fully saturated rings. The van der Waals surface area contributed by atoms with Crippen molar-refractivity contribution in [3.05, 3.63) is 29.3 Å². The Balaban J connectivity index is 0.00000256. The maximum atomic E-state index is 12.5. The van der Waals surface area contributed by atoms with Crippen molar-refractivity contribution in [1.82, 2.24) is 0 Å². The molecule has 1 aromatic rings. The van der Waals surface area contributed by atoms with Gasteiger partial charge in [0, 0.05) is 5.56 Å². The quantitative estimate of drug-likeness (QED) is 0.541. The van der Waals surface area contributed by atoms with Crippen LogP contribution in [0.25, 0.3) is 0 Å². The standard InChI is InChI=1S/C9H8BF6.K/c1-2-6-3-4-7(9(11,12)13)8(5-6)10(14,15)16;/h3-5H,2H2,1H3;/q-1;+1. The van der Waals surface area contributed by atoms with Gasteiger partial charge in [0.1, 0.15) is 0 Å². The summed E-state index contributed by atoms with van der Waals surface area (Å²) in [6, 6.07) is 2.13. The fourth-order valence-electron chi connectivity index (χ4n) is 1.36. The Morgan fingerprint density at radius 3 is 2.00 bits per heavy atom. The molecule has 1 aromatic carbocycles. The summed E-state index contributed by atoms with van der Waals surface area (Å²) in [6.45, 7) is -4.07. The fourth-order valence-corrected chi connectivity index (χ4v) is 1.36. The van der Waals surface area contributed by atoms with Crippen LogP contribution in [0.5, 0.6) is 0 Å². The molecule has 8 heteroatoms. The molecule has 0 unspecified atom stereocenters. The first-order valence-electron chi connectivity index (χ1n) is 4.56. The third-order valence-corrected chi connectivity index (χ3v) is 2.18. The predicted molar refractivity (Wildman–Crippen MR) is 49.5 cm³/mol.